The van der Waals surface area contributed by atoms with Gasteiger partial charge in [0.15, 0.2) is 0 Å². The molecule has 0 radical (unpaired) electrons. The molecule has 1 rings (SSSR count). The van der Waals surface area contributed by atoms with E-state index in [1.165, 1.54) is 0 Å². The third-order valence-corrected chi connectivity index (χ3v) is 3.06. The van der Waals surface area contributed by atoms with Crippen LogP contribution in [0.15, 0.2) is 0 Å². The van der Waals surface area contributed by atoms with Crippen LogP contribution in [0, 0.1) is 13.8 Å². The lowest BCUT2D eigenvalue weighted by Crippen LogP contribution is -2.28. The summed E-state index contributed by atoms with van der Waals surface area (Å²) in [5.74, 6) is 0.0117. The van der Waals surface area contributed by atoms with Crippen LogP contribution in [0.5, 0.6) is 0 Å². The van der Waals surface area contributed by atoms with Crippen molar-refractivity contribution in [3.05, 3.63) is 22.8 Å². The lowest BCUT2D eigenvalue weighted by atomic mass is 9.97. The van der Waals surface area contributed by atoms with E-state index in [0.29, 0.717) is 17.4 Å². The van der Waals surface area contributed by atoms with Gasteiger partial charge in [-0.1, -0.05) is 20.8 Å². The molecule has 6 heteroatoms. The van der Waals surface area contributed by atoms with Crippen LogP contribution >= 0.6 is 0 Å². The third-order valence-electron chi connectivity index (χ3n) is 3.06. The number of hydrogen-bond acceptors (Lipinski definition) is 3. The molecule has 1 aromatic rings. The Bertz CT molecular complexity index is 432. The molecule has 1 N–H and O–H groups in total. The van der Waals surface area contributed by atoms with Crippen LogP contribution in [0.1, 0.15) is 49.5 Å². The molecule has 0 bridgehead atoms. The number of alkyl halides is 3. The molecule has 1 unspecified atom stereocenters. The average molecular weight is 289 g/mol. The zero-order chi connectivity index (χ0) is 15.5. The fourth-order valence-electron chi connectivity index (χ4n) is 2.28. The summed E-state index contributed by atoms with van der Waals surface area (Å²) in [6, 6.07) is 0.364. The Morgan fingerprint density at radius 1 is 1.05 bits per heavy atom. The fourth-order valence-corrected chi connectivity index (χ4v) is 2.28. The van der Waals surface area contributed by atoms with E-state index in [9.17, 15) is 13.2 Å². The first kappa shape index (κ1) is 16.9. The zero-order valence-electron chi connectivity index (χ0n) is 12.6. The van der Waals surface area contributed by atoms with Gasteiger partial charge in [-0.15, -0.1) is 0 Å². The van der Waals surface area contributed by atoms with Gasteiger partial charge in [0.2, 0.25) is 0 Å². The molecule has 1 atom stereocenters. The largest absolute Gasteiger partial charge is 0.396 e. The normalized spacial score (nSPS) is 13.8. The lowest BCUT2D eigenvalue weighted by molar-refractivity contribution is -0.128. The quantitative estimate of drug-likeness (QED) is 0.903. The Kier molecular flexibility index (Phi) is 5.50. The summed E-state index contributed by atoms with van der Waals surface area (Å²) in [6.07, 6.45) is -5.35. The van der Waals surface area contributed by atoms with Crippen molar-refractivity contribution in [2.75, 3.05) is 6.54 Å². The first-order valence-corrected chi connectivity index (χ1v) is 6.74. The van der Waals surface area contributed by atoms with Gasteiger partial charge in [0.25, 0.3) is 0 Å². The second kappa shape index (κ2) is 6.52. The summed E-state index contributed by atoms with van der Waals surface area (Å²) in [4.78, 5) is 8.02. The van der Waals surface area contributed by atoms with E-state index in [2.05, 4.69) is 29.1 Å². The molecule has 1 aromatic heterocycles. The lowest BCUT2D eigenvalue weighted by Gasteiger charge is -2.19. The average Bonchev–Trinajstić information content (AvgIpc) is 2.22. The molecule has 0 aromatic carbocycles. The van der Waals surface area contributed by atoms with E-state index in [-0.39, 0.29) is 11.7 Å². The topological polar surface area (TPSA) is 37.8 Å². The van der Waals surface area contributed by atoms with Gasteiger partial charge < -0.3 is 5.32 Å². The Morgan fingerprint density at radius 3 is 1.95 bits per heavy atom. The van der Waals surface area contributed by atoms with Crippen LogP contribution in [0.2, 0.25) is 0 Å². The van der Waals surface area contributed by atoms with Crippen molar-refractivity contribution in [2.45, 2.75) is 59.2 Å². The van der Waals surface area contributed by atoms with E-state index in [1.807, 2.05) is 6.92 Å². The third kappa shape index (κ3) is 5.07. The summed E-state index contributed by atoms with van der Waals surface area (Å²) in [5.41, 5.74) is 2.20. The summed E-state index contributed by atoms with van der Waals surface area (Å²) in [5, 5.41) is 3.32. The van der Waals surface area contributed by atoms with Crippen molar-refractivity contribution in [3.63, 3.8) is 0 Å². The minimum atomic E-state index is -4.27. The first-order chi connectivity index (χ1) is 9.10. The Morgan fingerprint density at radius 2 is 1.55 bits per heavy atom. The van der Waals surface area contributed by atoms with Gasteiger partial charge in [-0.25, -0.2) is 9.97 Å². The molecule has 0 spiro atoms. The van der Waals surface area contributed by atoms with Gasteiger partial charge in [0.1, 0.15) is 12.2 Å². The predicted molar refractivity (Wildman–Crippen MR) is 72.8 cm³/mol. The molecule has 0 fully saturated rings. The van der Waals surface area contributed by atoms with Gasteiger partial charge >= 0.3 is 6.18 Å². The highest BCUT2D eigenvalue weighted by atomic mass is 19.4. The number of nitrogens with zero attached hydrogens (tertiary/aromatic N) is 2. The van der Waals surface area contributed by atoms with Gasteiger partial charge in [-0.3, -0.25) is 0 Å². The van der Waals surface area contributed by atoms with Crippen LogP contribution in [0.3, 0.4) is 0 Å². The molecule has 114 valence electrons. The monoisotopic (exact) mass is 289 g/mol. The predicted octanol–water partition coefficient (Wildman–Crippen LogP) is 3.30. The standard InChI is InChI=1S/C14H22F3N3/c1-8(2)18-7-9(3)13-10(4)19-12(20-11(13)5)6-14(15,16)17/h8-9,18H,6-7H2,1-5H3. The maximum Gasteiger partial charge on any atom is 0.396 e. The van der Waals surface area contributed by atoms with Crippen molar-refractivity contribution < 1.29 is 13.2 Å². The van der Waals surface area contributed by atoms with Gasteiger partial charge in [-0.2, -0.15) is 13.2 Å². The Balaban J connectivity index is 2.94. The van der Waals surface area contributed by atoms with Crippen molar-refractivity contribution in [3.8, 4) is 0 Å². The Hall–Kier alpha value is -1.17. The molecule has 0 amide bonds. The Labute approximate surface area is 118 Å². The maximum atomic E-state index is 12.4. The molecule has 0 aliphatic heterocycles. The van der Waals surface area contributed by atoms with E-state index in [4.69, 9.17) is 0 Å². The molecule has 0 saturated carbocycles. The molecular weight excluding hydrogens is 267 g/mol. The minimum Gasteiger partial charge on any atom is -0.314 e. The zero-order valence-corrected chi connectivity index (χ0v) is 12.6. The summed E-state index contributed by atoms with van der Waals surface area (Å²) >= 11 is 0. The van der Waals surface area contributed by atoms with Gasteiger partial charge in [0, 0.05) is 24.0 Å². The molecular formula is C14H22F3N3. The summed E-state index contributed by atoms with van der Waals surface area (Å²) in [7, 11) is 0. The number of halogens is 3. The van der Waals surface area contributed by atoms with Crippen LogP contribution in [-0.2, 0) is 6.42 Å². The van der Waals surface area contributed by atoms with E-state index in [0.717, 1.165) is 12.1 Å². The first-order valence-electron chi connectivity index (χ1n) is 6.74. The highest BCUT2D eigenvalue weighted by molar-refractivity contribution is 5.28. The second-order valence-corrected chi connectivity index (χ2v) is 5.48. The highest BCUT2D eigenvalue weighted by Crippen LogP contribution is 2.24. The van der Waals surface area contributed by atoms with Crippen molar-refractivity contribution >= 4 is 0 Å². The molecule has 3 nitrogen and oxygen atoms in total. The van der Waals surface area contributed by atoms with E-state index >= 15 is 0 Å². The van der Waals surface area contributed by atoms with Crippen LogP contribution in [0.25, 0.3) is 0 Å². The summed E-state index contributed by atoms with van der Waals surface area (Å²) in [6.45, 7) is 10.4. The van der Waals surface area contributed by atoms with Crippen molar-refractivity contribution in [1.82, 2.24) is 15.3 Å². The van der Waals surface area contributed by atoms with E-state index < -0.39 is 12.6 Å². The van der Waals surface area contributed by atoms with Crippen molar-refractivity contribution in [1.29, 1.82) is 0 Å². The number of aryl methyl sites for hydroxylation is 2. The van der Waals surface area contributed by atoms with Crippen LogP contribution in [0.4, 0.5) is 13.2 Å². The second-order valence-electron chi connectivity index (χ2n) is 5.48. The smallest absolute Gasteiger partial charge is 0.314 e. The summed E-state index contributed by atoms with van der Waals surface area (Å²) < 4.78 is 37.2. The van der Waals surface area contributed by atoms with Gasteiger partial charge in [-0.05, 0) is 25.3 Å². The molecule has 20 heavy (non-hydrogen) atoms. The van der Waals surface area contributed by atoms with Gasteiger partial charge in [0.05, 0.1) is 0 Å². The SMILES string of the molecule is Cc1nc(CC(F)(F)F)nc(C)c1C(C)CNC(C)C. The number of nitrogens with one attached hydrogen (secondary N) is 1. The molecule has 0 aliphatic carbocycles. The maximum absolute atomic E-state index is 12.4. The minimum absolute atomic E-state index is 0.153. The van der Waals surface area contributed by atoms with Crippen LogP contribution in [-0.4, -0.2) is 28.7 Å². The number of hydrogen-bond donors (Lipinski definition) is 1. The van der Waals surface area contributed by atoms with Crippen molar-refractivity contribution in [2.24, 2.45) is 0 Å². The van der Waals surface area contributed by atoms with Crippen LogP contribution < -0.4 is 5.32 Å². The number of rotatable bonds is 5. The molecule has 0 aliphatic rings. The fraction of sp³-hybridized carbons (Fsp3) is 0.714. The highest BCUT2D eigenvalue weighted by Gasteiger charge is 2.30. The molecule has 1 heterocycles. The number of aromatic nitrogens is 2. The molecule has 0 saturated heterocycles. The van der Waals surface area contributed by atoms with E-state index in [1.54, 1.807) is 13.8 Å².